The van der Waals surface area contributed by atoms with E-state index in [9.17, 15) is 0 Å². The molecule has 0 bridgehead atoms. The summed E-state index contributed by atoms with van der Waals surface area (Å²) < 4.78 is 12.7. The molecular weight excluding hydrogens is 404 g/mol. The standard InChI is InChI=1S/C19H18BrClN2O2/c1-3-18-23-16(10-15(22-23)11-4-6-13(21)7-5-11)14-8-12(20)9-17(24-2)19(14)25-18/h4-9,16,18H,3,10H2,1-2H3. The highest BCUT2D eigenvalue weighted by atomic mass is 79.9. The highest BCUT2D eigenvalue weighted by Gasteiger charge is 2.40. The maximum Gasteiger partial charge on any atom is 0.187 e. The maximum atomic E-state index is 6.23. The Hall–Kier alpha value is -1.72. The summed E-state index contributed by atoms with van der Waals surface area (Å²) in [5.41, 5.74) is 3.25. The summed E-state index contributed by atoms with van der Waals surface area (Å²) >= 11 is 9.59. The Balaban J connectivity index is 1.76. The summed E-state index contributed by atoms with van der Waals surface area (Å²) in [6, 6.07) is 12.0. The summed E-state index contributed by atoms with van der Waals surface area (Å²) in [4.78, 5) is 0. The molecule has 25 heavy (non-hydrogen) atoms. The van der Waals surface area contributed by atoms with Gasteiger partial charge < -0.3 is 9.47 Å². The van der Waals surface area contributed by atoms with Crippen LogP contribution >= 0.6 is 27.5 Å². The lowest BCUT2D eigenvalue weighted by Gasteiger charge is -2.38. The third-order valence-electron chi connectivity index (χ3n) is 4.65. The zero-order valence-electron chi connectivity index (χ0n) is 14.0. The first-order valence-corrected chi connectivity index (χ1v) is 9.43. The number of hydrazone groups is 1. The van der Waals surface area contributed by atoms with E-state index in [1.807, 2.05) is 30.3 Å². The largest absolute Gasteiger partial charge is 0.493 e. The fraction of sp³-hybridized carbons (Fsp3) is 0.316. The number of methoxy groups -OCH3 is 1. The Kier molecular flexibility index (Phi) is 4.38. The van der Waals surface area contributed by atoms with Crippen molar-refractivity contribution in [3.8, 4) is 11.5 Å². The van der Waals surface area contributed by atoms with Gasteiger partial charge in [0, 0.05) is 27.9 Å². The molecular formula is C19H18BrClN2O2. The van der Waals surface area contributed by atoms with Crippen molar-refractivity contribution in [3.63, 3.8) is 0 Å². The predicted molar refractivity (Wildman–Crippen MR) is 103 cm³/mol. The average molecular weight is 422 g/mol. The average Bonchev–Trinajstić information content (AvgIpc) is 3.06. The van der Waals surface area contributed by atoms with E-state index in [1.165, 1.54) is 0 Å². The maximum absolute atomic E-state index is 6.23. The van der Waals surface area contributed by atoms with Crippen LogP contribution in [0.15, 0.2) is 46.0 Å². The summed E-state index contributed by atoms with van der Waals surface area (Å²) in [5, 5.41) is 7.68. The molecule has 6 heteroatoms. The molecule has 0 aliphatic carbocycles. The van der Waals surface area contributed by atoms with E-state index in [2.05, 4.69) is 33.9 Å². The molecule has 2 aromatic rings. The van der Waals surface area contributed by atoms with Crippen molar-refractivity contribution >= 4 is 33.2 Å². The minimum absolute atomic E-state index is 0.0997. The second-order valence-electron chi connectivity index (χ2n) is 6.16. The molecule has 0 amide bonds. The lowest BCUT2D eigenvalue weighted by Crippen LogP contribution is -2.39. The lowest BCUT2D eigenvalue weighted by atomic mass is 9.96. The van der Waals surface area contributed by atoms with E-state index in [-0.39, 0.29) is 12.3 Å². The van der Waals surface area contributed by atoms with Gasteiger partial charge in [0.05, 0.1) is 18.9 Å². The summed E-state index contributed by atoms with van der Waals surface area (Å²) in [6.45, 7) is 2.11. The van der Waals surface area contributed by atoms with Crippen molar-refractivity contribution in [2.75, 3.05) is 7.11 Å². The first-order chi connectivity index (χ1) is 12.1. The summed E-state index contributed by atoms with van der Waals surface area (Å²) in [7, 11) is 1.67. The number of nitrogens with zero attached hydrogens (tertiary/aromatic N) is 2. The van der Waals surface area contributed by atoms with Gasteiger partial charge in [0.15, 0.2) is 17.7 Å². The number of hydrogen-bond acceptors (Lipinski definition) is 4. The van der Waals surface area contributed by atoms with Crippen LogP contribution in [0.25, 0.3) is 0 Å². The molecule has 2 aliphatic rings. The van der Waals surface area contributed by atoms with E-state index in [0.29, 0.717) is 0 Å². The molecule has 2 heterocycles. The normalized spacial score (nSPS) is 21.3. The van der Waals surface area contributed by atoms with Crippen LogP contribution in [0.5, 0.6) is 11.5 Å². The molecule has 2 atom stereocenters. The van der Waals surface area contributed by atoms with Crippen LogP contribution in [0.3, 0.4) is 0 Å². The number of hydrogen-bond donors (Lipinski definition) is 0. The van der Waals surface area contributed by atoms with Gasteiger partial charge in [0.1, 0.15) is 0 Å². The zero-order valence-corrected chi connectivity index (χ0v) is 16.3. The molecule has 0 N–H and O–H groups in total. The second kappa shape index (κ2) is 6.54. The Morgan fingerprint density at radius 2 is 2.08 bits per heavy atom. The first-order valence-electron chi connectivity index (χ1n) is 8.26. The molecule has 0 saturated carbocycles. The SMILES string of the molecule is CCC1Oc2c(OC)cc(Br)cc2C2CC(c3ccc(Cl)cc3)=NN12. The summed E-state index contributed by atoms with van der Waals surface area (Å²) in [6.07, 6.45) is 1.57. The number of halogens is 2. The molecule has 2 unspecified atom stereocenters. The number of fused-ring (bicyclic) bond motifs is 3. The van der Waals surface area contributed by atoms with Crippen molar-refractivity contribution in [1.29, 1.82) is 0 Å². The Morgan fingerprint density at radius 1 is 1.32 bits per heavy atom. The zero-order chi connectivity index (χ0) is 17.6. The van der Waals surface area contributed by atoms with Crippen molar-refractivity contribution in [2.24, 2.45) is 5.10 Å². The fourth-order valence-electron chi connectivity index (χ4n) is 3.44. The smallest absolute Gasteiger partial charge is 0.187 e. The Bertz CT molecular complexity index is 838. The third kappa shape index (κ3) is 2.89. The molecule has 4 nitrogen and oxygen atoms in total. The van der Waals surface area contributed by atoms with Gasteiger partial charge in [-0.15, -0.1) is 0 Å². The molecule has 0 saturated heterocycles. The van der Waals surface area contributed by atoms with Gasteiger partial charge in [-0.1, -0.05) is 46.6 Å². The topological polar surface area (TPSA) is 34.1 Å². The third-order valence-corrected chi connectivity index (χ3v) is 5.35. The molecule has 4 rings (SSSR count). The quantitative estimate of drug-likeness (QED) is 0.666. The van der Waals surface area contributed by atoms with Crippen molar-refractivity contribution in [3.05, 3.63) is 57.0 Å². The van der Waals surface area contributed by atoms with Crippen LogP contribution in [0.1, 0.15) is 36.9 Å². The minimum atomic E-state index is -0.0997. The number of rotatable bonds is 3. The monoisotopic (exact) mass is 420 g/mol. The van der Waals surface area contributed by atoms with E-state index < -0.39 is 0 Å². The van der Waals surface area contributed by atoms with E-state index in [0.717, 1.165) is 50.7 Å². The van der Waals surface area contributed by atoms with Crippen LogP contribution in [-0.2, 0) is 0 Å². The Morgan fingerprint density at radius 3 is 2.76 bits per heavy atom. The fourth-order valence-corrected chi connectivity index (χ4v) is 4.02. The molecule has 0 fully saturated rings. The van der Waals surface area contributed by atoms with Crippen LogP contribution in [0.4, 0.5) is 0 Å². The Labute approximate surface area is 160 Å². The highest BCUT2D eigenvalue weighted by Crippen LogP contribution is 2.48. The lowest BCUT2D eigenvalue weighted by molar-refractivity contribution is -0.0206. The van der Waals surface area contributed by atoms with Crippen molar-refractivity contribution < 1.29 is 9.47 Å². The van der Waals surface area contributed by atoms with Crippen molar-refractivity contribution in [2.45, 2.75) is 32.0 Å². The number of ether oxygens (including phenoxy) is 2. The van der Waals surface area contributed by atoms with Crippen molar-refractivity contribution in [1.82, 2.24) is 5.01 Å². The van der Waals surface area contributed by atoms with Gasteiger partial charge in [-0.25, -0.2) is 0 Å². The minimum Gasteiger partial charge on any atom is -0.493 e. The van der Waals surface area contributed by atoms with Gasteiger partial charge >= 0.3 is 0 Å². The molecule has 2 aromatic carbocycles. The predicted octanol–water partition coefficient (Wildman–Crippen LogP) is 5.39. The van der Waals surface area contributed by atoms with Gasteiger partial charge in [-0.3, -0.25) is 5.01 Å². The van der Waals surface area contributed by atoms with E-state index >= 15 is 0 Å². The molecule has 0 aromatic heterocycles. The molecule has 2 aliphatic heterocycles. The van der Waals surface area contributed by atoms with Crippen LogP contribution < -0.4 is 9.47 Å². The van der Waals surface area contributed by atoms with E-state index in [4.69, 9.17) is 26.2 Å². The highest BCUT2D eigenvalue weighted by molar-refractivity contribution is 9.10. The van der Waals surface area contributed by atoms with Gasteiger partial charge in [-0.05, 0) is 29.8 Å². The van der Waals surface area contributed by atoms with Crippen LogP contribution in [0.2, 0.25) is 5.02 Å². The second-order valence-corrected chi connectivity index (χ2v) is 7.51. The van der Waals surface area contributed by atoms with Gasteiger partial charge in [0.2, 0.25) is 0 Å². The first kappa shape index (κ1) is 16.7. The number of benzene rings is 2. The molecule has 0 spiro atoms. The van der Waals surface area contributed by atoms with Crippen LogP contribution in [0, 0.1) is 0 Å². The van der Waals surface area contributed by atoms with Crippen LogP contribution in [-0.4, -0.2) is 24.1 Å². The molecule has 130 valence electrons. The summed E-state index contributed by atoms with van der Waals surface area (Å²) in [5.74, 6) is 1.58. The molecule has 0 radical (unpaired) electrons. The van der Waals surface area contributed by atoms with E-state index in [1.54, 1.807) is 7.11 Å². The van der Waals surface area contributed by atoms with Gasteiger partial charge in [-0.2, -0.15) is 5.10 Å². The van der Waals surface area contributed by atoms with Gasteiger partial charge in [0.25, 0.3) is 0 Å².